The van der Waals surface area contributed by atoms with E-state index in [9.17, 15) is 13.2 Å². The van der Waals surface area contributed by atoms with Gasteiger partial charge in [-0.1, -0.05) is 22.9 Å². The van der Waals surface area contributed by atoms with Gasteiger partial charge in [-0.3, -0.25) is 4.79 Å². The van der Waals surface area contributed by atoms with Crippen LogP contribution in [0.15, 0.2) is 29.2 Å². The van der Waals surface area contributed by atoms with Gasteiger partial charge in [-0.25, -0.2) is 8.42 Å². The average Bonchev–Trinajstić information content (AvgIpc) is 3.26. The van der Waals surface area contributed by atoms with Crippen molar-refractivity contribution in [2.24, 2.45) is 0 Å². The normalized spacial score (nSPS) is 14.7. The zero-order valence-electron chi connectivity index (χ0n) is 12.0. The largest absolute Gasteiger partial charge is 0.301 e. The summed E-state index contributed by atoms with van der Waals surface area (Å²) >= 11 is 7.08. The molecule has 0 unspecified atom stereocenters. The number of halogens is 1. The fourth-order valence-corrected chi connectivity index (χ4v) is 4.24. The van der Waals surface area contributed by atoms with E-state index in [0.717, 1.165) is 17.8 Å². The van der Waals surface area contributed by atoms with Crippen LogP contribution in [0.4, 0.5) is 5.13 Å². The number of anilines is 1. The van der Waals surface area contributed by atoms with Crippen molar-refractivity contribution in [2.45, 2.75) is 30.1 Å². The number of hydrogen-bond donors (Lipinski definition) is 1. The van der Waals surface area contributed by atoms with Gasteiger partial charge in [0.05, 0.1) is 10.6 Å². The van der Waals surface area contributed by atoms with Gasteiger partial charge < -0.3 is 5.32 Å². The molecule has 0 saturated heterocycles. The number of amides is 1. The smallest absolute Gasteiger partial charge is 0.227 e. The molecule has 0 spiro atoms. The number of aromatic nitrogens is 2. The molecule has 1 N–H and O–H groups in total. The lowest BCUT2D eigenvalue weighted by molar-refractivity contribution is -0.115. The van der Waals surface area contributed by atoms with Crippen molar-refractivity contribution < 1.29 is 13.2 Å². The van der Waals surface area contributed by atoms with Crippen molar-refractivity contribution in [3.05, 3.63) is 34.3 Å². The number of carbonyl (C=O) groups is 1. The van der Waals surface area contributed by atoms with Gasteiger partial charge in [0.25, 0.3) is 0 Å². The summed E-state index contributed by atoms with van der Waals surface area (Å²) in [6.45, 7) is 0. The second kappa shape index (κ2) is 6.54. The molecule has 0 bridgehead atoms. The van der Waals surface area contributed by atoms with Crippen LogP contribution in [0.1, 0.15) is 30.2 Å². The third-order valence-electron chi connectivity index (χ3n) is 3.38. The van der Waals surface area contributed by atoms with E-state index in [0.29, 0.717) is 16.1 Å². The van der Waals surface area contributed by atoms with Gasteiger partial charge in [0.2, 0.25) is 11.0 Å². The van der Waals surface area contributed by atoms with Crippen molar-refractivity contribution in [3.8, 4) is 0 Å². The standard InChI is InChI=1S/C14H14ClN3O3S2/c15-10-3-5-11(6-4-10)23(20,21)8-7-12(19)16-14-18-17-13(22-14)9-1-2-9/h3-6,9H,1-2,7-8H2,(H,16,18,19). The van der Waals surface area contributed by atoms with Crippen molar-refractivity contribution >= 4 is 43.8 Å². The lowest BCUT2D eigenvalue weighted by atomic mass is 10.4. The fourth-order valence-electron chi connectivity index (χ4n) is 1.95. The third kappa shape index (κ3) is 4.27. The number of sulfone groups is 1. The molecule has 1 aromatic heterocycles. The maximum absolute atomic E-state index is 12.2. The Kier molecular flexibility index (Phi) is 4.65. The topological polar surface area (TPSA) is 89.0 Å². The monoisotopic (exact) mass is 371 g/mol. The number of carbonyl (C=O) groups excluding carboxylic acids is 1. The van der Waals surface area contributed by atoms with E-state index in [1.54, 1.807) is 0 Å². The molecule has 1 amide bonds. The molecule has 23 heavy (non-hydrogen) atoms. The highest BCUT2D eigenvalue weighted by Gasteiger charge is 2.27. The minimum atomic E-state index is -3.51. The predicted octanol–water partition coefficient (Wildman–Crippen LogP) is 2.87. The average molecular weight is 372 g/mol. The summed E-state index contributed by atoms with van der Waals surface area (Å²) in [5, 5.41) is 12.3. The summed E-state index contributed by atoms with van der Waals surface area (Å²) in [5.74, 6) is -0.182. The Labute approximate surface area is 142 Å². The summed E-state index contributed by atoms with van der Waals surface area (Å²) in [7, 11) is -3.51. The maximum atomic E-state index is 12.2. The van der Waals surface area contributed by atoms with Gasteiger partial charge in [-0.2, -0.15) is 0 Å². The highest BCUT2D eigenvalue weighted by Crippen LogP contribution is 2.42. The lowest BCUT2D eigenvalue weighted by Crippen LogP contribution is -2.17. The molecular formula is C14H14ClN3O3S2. The van der Waals surface area contributed by atoms with E-state index >= 15 is 0 Å². The summed E-state index contributed by atoms with van der Waals surface area (Å²) in [6.07, 6.45) is 2.09. The van der Waals surface area contributed by atoms with E-state index in [2.05, 4.69) is 15.5 Å². The van der Waals surface area contributed by atoms with Crippen molar-refractivity contribution in [1.82, 2.24) is 10.2 Å². The van der Waals surface area contributed by atoms with Gasteiger partial charge in [0.1, 0.15) is 5.01 Å². The number of benzene rings is 1. The first-order valence-corrected chi connectivity index (χ1v) is 9.90. The van der Waals surface area contributed by atoms with Crippen LogP contribution in [0.2, 0.25) is 5.02 Å². The van der Waals surface area contributed by atoms with E-state index in [-0.39, 0.29) is 23.0 Å². The summed E-state index contributed by atoms with van der Waals surface area (Å²) in [5.41, 5.74) is 0. The number of hydrogen-bond acceptors (Lipinski definition) is 6. The molecule has 1 aliphatic rings. The molecule has 1 aliphatic carbocycles. The molecule has 1 heterocycles. The van der Waals surface area contributed by atoms with Crippen LogP contribution in [0.3, 0.4) is 0 Å². The van der Waals surface area contributed by atoms with Crippen molar-refractivity contribution in [1.29, 1.82) is 0 Å². The molecule has 1 aromatic carbocycles. The maximum Gasteiger partial charge on any atom is 0.227 e. The number of rotatable bonds is 6. The van der Waals surface area contributed by atoms with Crippen LogP contribution < -0.4 is 5.32 Å². The van der Waals surface area contributed by atoms with Crippen LogP contribution >= 0.6 is 22.9 Å². The minimum absolute atomic E-state index is 0.136. The van der Waals surface area contributed by atoms with Crippen LogP contribution in [-0.2, 0) is 14.6 Å². The molecule has 1 saturated carbocycles. The molecule has 2 aromatic rings. The highest BCUT2D eigenvalue weighted by molar-refractivity contribution is 7.91. The van der Waals surface area contributed by atoms with Gasteiger partial charge >= 0.3 is 0 Å². The van der Waals surface area contributed by atoms with Gasteiger partial charge in [0, 0.05) is 17.4 Å². The second-order valence-electron chi connectivity index (χ2n) is 5.29. The first kappa shape index (κ1) is 16.4. The predicted molar refractivity (Wildman–Crippen MR) is 88.6 cm³/mol. The summed E-state index contributed by atoms with van der Waals surface area (Å²) in [6, 6.07) is 5.88. The van der Waals surface area contributed by atoms with Crippen LogP contribution in [-0.4, -0.2) is 30.3 Å². The Bertz CT molecular complexity index is 814. The molecule has 122 valence electrons. The third-order valence-corrected chi connectivity index (χ3v) is 6.37. The Balaban J connectivity index is 1.56. The van der Waals surface area contributed by atoms with Gasteiger partial charge in [-0.15, -0.1) is 10.2 Å². The Morgan fingerprint density at radius 1 is 1.26 bits per heavy atom. The Morgan fingerprint density at radius 2 is 1.96 bits per heavy atom. The van der Waals surface area contributed by atoms with E-state index in [1.807, 2.05) is 0 Å². The van der Waals surface area contributed by atoms with Crippen molar-refractivity contribution in [3.63, 3.8) is 0 Å². The van der Waals surface area contributed by atoms with Gasteiger partial charge in [-0.05, 0) is 37.1 Å². The SMILES string of the molecule is O=C(CCS(=O)(=O)c1ccc(Cl)cc1)Nc1nnc(C2CC2)s1. The quantitative estimate of drug-likeness (QED) is 0.843. The molecule has 3 rings (SSSR count). The van der Waals surface area contributed by atoms with E-state index in [4.69, 9.17) is 11.6 Å². The first-order chi connectivity index (χ1) is 10.9. The molecule has 0 atom stereocenters. The zero-order chi connectivity index (χ0) is 16.4. The summed E-state index contributed by atoms with van der Waals surface area (Å²) < 4.78 is 24.3. The van der Waals surface area contributed by atoms with Gasteiger partial charge in [0.15, 0.2) is 9.84 Å². The molecule has 0 aliphatic heterocycles. The molecule has 0 radical (unpaired) electrons. The Morgan fingerprint density at radius 3 is 2.61 bits per heavy atom. The second-order valence-corrected chi connectivity index (χ2v) is 8.85. The zero-order valence-corrected chi connectivity index (χ0v) is 14.4. The van der Waals surface area contributed by atoms with Crippen molar-refractivity contribution in [2.75, 3.05) is 11.1 Å². The molecule has 6 nitrogen and oxygen atoms in total. The van der Waals surface area contributed by atoms with E-state index in [1.165, 1.54) is 35.6 Å². The lowest BCUT2D eigenvalue weighted by Gasteiger charge is -2.04. The number of nitrogens with one attached hydrogen (secondary N) is 1. The molecule has 1 fully saturated rings. The minimum Gasteiger partial charge on any atom is -0.301 e. The molecular weight excluding hydrogens is 358 g/mol. The molecule has 9 heteroatoms. The van der Waals surface area contributed by atoms with Crippen LogP contribution in [0.5, 0.6) is 0 Å². The van der Waals surface area contributed by atoms with Crippen LogP contribution in [0, 0.1) is 0 Å². The van der Waals surface area contributed by atoms with Crippen LogP contribution in [0.25, 0.3) is 0 Å². The summed E-state index contributed by atoms with van der Waals surface area (Å²) in [4.78, 5) is 12.0. The Hall–Kier alpha value is -1.51. The highest BCUT2D eigenvalue weighted by atomic mass is 35.5. The fraction of sp³-hybridized carbons (Fsp3) is 0.357. The number of nitrogens with zero attached hydrogens (tertiary/aromatic N) is 2. The first-order valence-electron chi connectivity index (χ1n) is 7.05. The van der Waals surface area contributed by atoms with E-state index < -0.39 is 9.84 Å².